The minimum atomic E-state index is -3.65. The van der Waals surface area contributed by atoms with Crippen LogP contribution >= 0.6 is 0 Å². The SMILES string of the molecule is CC(=O)c1cccc(S(=O)(=O)N2CCCc3ccccc32)c1. The number of ketones is 1. The van der Waals surface area contributed by atoms with Gasteiger partial charge in [-0.05, 0) is 43.5 Å². The van der Waals surface area contributed by atoms with Crippen LogP contribution in [-0.2, 0) is 16.4 Å². The highest BCUT2D eigenvalue weighted by molar-refractivity contribution is 7.92. The number of nitrogens with zero attached hydrogens (tertiary/aromatic N) is 1. The van der Waals surface area contributed by atoms with Crippen molar-refractivity contribution in [3.8, 4) is 0 Å². The van der Waals surface area contributed by atoms with Crippen molar-refractivity contribution in [3.63, 3.8) is 0 Å². The number of fused-ring (bicyclic) bond motifs is 1. The van der Waals surface area contributed by atoms with E-state index in [9.17, 15) is 13.2 Å². The van der Waals surface area contributed by atoms with Crippen molar-refractivity contribution in [3.05, 3.63) is 59.7 Å². The van der Waals surface area contributed by atoms with Gasteiger partial charge in [-0.15, -0.1) is 0 Å². The van der Waals surface area contributed by atoms with E-state index in [-0.39, 0.29) is 10.7 Å². The predicted molar refractivity (Wildman–Crippen MR) is 85.7 cm³/mol. The Bertz CT molecular complexity index is 827. The highest BCUT2D eigenvalue weighted by Gasteiger charge is 2.29. The Hall–Kier alpha value is -2.14. The summed E-state index contributed by atoms with van der Waals surface area (Å²) >= 11 is 0. The molecule has 0 saturated heterocycles. The summed E-state index contributed by atoms with van der Waals surface area (Å²) in [6.45, 7) is 1.89. The molecule has 22 heavy (non-hydrogen) atoms. The molecule has 2 aromatic carbocycles. The van der Waals surface area contributed by atoms with E-state index in [1.807, 2.05) is 24.3 Å². The first-order valence-electron chi connectivity index (χ1n) is 7.22. The summed E-state index contributed by atoms with van der Waals surface area (Å²) in [5.41, 5.74) is 2.19. The molecule has 1 aliphatic heterocycles. The van der Waals surface area contributed by atoms with Gasteiger partial charge in [-0.1, -0.05) is 30.3 Å². The number of carbonyl (C=O) groups is 1. The Morgan fingerprint density at radius 1 is 1.09 bits per heavy atom. The number of rotatable bonds is 3. The molecule has 5 heteroatoms. The van der Waals surface area contributed by atoms with Crippen LogP contribution in [0.4, 0.5) is 5.69 Å². The zero-order valence-corrected chi connectivity index (χ0v) is 13.1. The molecule has 0 aromatic heterocycles. The third-order valence-corrected chi connectivity index (χ3v) is 5.71. The molecule has 0 aliphatic carbocycles. The molecule has 1 aliphatic rings. The van der Waals surface area contributed by atoms with E-state index < -0.39 is 10.0 Å². The largest absolute Gasteiger partial charge is 0.295 e. The van der Waals surface area contributed by atoms with Gasteiger partial charge in [0.25, 0.3) is 10.0 Å². The fourth-order valence-corrected chi connectivity index (χ4v) is 4.34. The highest BCUT2D eigenvalue weighted by atomic mass is 32.2. The normalized spacial score (nSPS) is 14.5. The van der Waals surface area contributed by atoms with Crippen molar-refractivity contribution in [1.29, 1.82) is 0 Å². The van der Waals surface area contributed by atoms with Crippen LogP contribution in [0.3, 0.4) is 0 Å². The van der Waals surface area contributed by atoms with E-state index >= 15 is 0 Å². The fraction of sp³-hybridized carbons (Fsp3) is 0.235. The second-order valence-electron chi connectivity index (χ2n) is 5.39. The molecule has 0 spiro atoms. The average molecular weight is 315 g/mol. The van der Waals surface area contributed by atoms with E-state index in [1.165, 1.54) is 17.3 Å². The van der Waals surface area contributed by atoms with Crippen LogP contribution in [-0.4, -0.2) is 20.7 Å². The Kier molecular flexibility index (Phi) is 3.74. The number of para-hydroxylation sites is 1. The lowest BCUT2D eigenvalue weighted by Crippen LogP contribution is -2.35. The van der Waals surface area contributed by atoms with Crippen LogP contribution in [0.5, 0.6) is 0 Å². The molecule has 0 radical (unpaired) electrons. The van der Waals surface area contributed by atoms with Gasteiger partial charge in [0.15, 0.2) is 5.78 Å². The number of carbonyl (C=O) groups excluding carboxylic acids is 1. The minimum Gasteiger partial charge on any atom is -0.295 e. The summed E-state index contributed by atoms with van der Waals surface area (Å²) in [6.07, 6.45) is 1.68. The van der Waals surface area contributed by atoms with Crippen molar-refractivity contribution in [2.45, 2.75) is 24.7 Å². The van der Waals surface area contributed by atoms with Crippen molar-refractivity contribution in [1.82, 2.24) is 0 Å². The molecule has 0 bridgehead atoms. The molecule has 114 valence electrons. The molecule has 4 nitrogen and oxygen atoms in total. The Morgan fingerprint density at radius 2 is 1.86 bits per heavy atom. The summed E-state index contributed by atoms with van der Waals surface area (Å²) in [7, 11) is -3.65. The minimum absolute atomic E-state index is 0.143. The van der Waals surface area contributed by atoms with E-state index in [1.54, 1.807) is 18.2 Å². The lowest BCUT2D eigenvalue weighted by molar-refractivity contribution is 0.101. The summed E-state index contributed by atoms with van der Waals surface area (Å²) in [5, 5.41) is 0. The molecule has 0 unspecified atom stereocenters. The molecule has 1 heterocycles. The number of aryl methyl sites for hydroxylation is 1. The highest BCUT2D eigenvalue weighted by Crippen LogP contribution is 2.31. The molecule has 3 rings (SSSR count). The van der Waals surface area contributed by atoms with Gasteiger partial charge in [-0.2, -0.15) is 0 Å². The lowest BCUT2D eigenvalue weighted by Gasteiger charge is -2.30. The Morgan fingerprint density at radius 3 is 2.64 bits per heavy atom. The zero-order valence-electron chi connectivity index (χ0n) is 12.3. The smallest absolute Gasteiger partial charge is 0.264 e. The molecule has 0 N–H and O–H groups in total. The second kappa shape index (κ2) is 5.57. The van der Waals surface area contributed by atoms with E-state index in [0.29, 0.717) is 12.1 Å². The third kappa shape index (κ3) is 2.52. The first-order valence-corrected chi connectivity index (χ1v) is 8.66. The van der Waals surface area contributed by atoms with Gasteiger partial charge in [-0.25, -0.2) is 8.42 Å². The third-order valence-electron chi connectivity index (χ3n) is 3.90. The first kappa shape index (κ1) is 14.8. The van der Waals surface area contributed by atoms with Gasteiger partial charge in [0.05, 0.1) is 10.6 Å². The van der Waals surface area contributed by atoms with E-state index in [4.69, 9.17) is 0 Å². The molecule has 0 saturated carbocycles. The molecule has 0 amide bonds. The summed E-state index contributed by atoms with van der Waals surface area (Å²) in [5.74, 6) is -0.143. The number of hydrogen-bond donors (Lipinski definition) is 0. The van der Waals surface area contributed by atoms with Crippen LogP contribution in [0.15, 0.2) is 53.4 Å². The van der Waals surface area contributed by atoms with E-state index in [2.05, 4.69) is 0 Å². The van der Waals surface area contributed by atoms with Crippen LogP contribution in [0.25, 0.3) is 0 Å². The topological polar surface area (TPSA) is 54.5 Å². The number of benzene rings is 2. The van der Waals surface area contributed by atoms with E-state index in [0.717, 1.165) is 24.1 Å². The maximum Gasteiger partial charge on any atom is 0.264 e. The fourth-order valence-electron chi connectivity index (χ4n) is 2.75. The van der Waals surface area contributed by atoms with Gasteiger partial charge in [-0.3, -0.25) is 9.10 Å². The monoisotopic (exact) mass is 315 g/mol. The summed E-state index contributed by atoms with van der Waals surface area (Å²) < 4.78 is 27.3. The second-order valence-corrected chi connectivity index (χ2v) is 7.26. The van der Waals surface area contributed by atoms with Crippen LogP contribution < -0.4 is 4.31 Å². The van der Waals surface area contributed by atoms with Gasteiger partial charge >= 0.3 is 0 Å². The lowest BCUT2D eigenvalue weighted by atomic mass is 10.0. The van der Waals surface area contributed by atoms with Crippen LogP contribution in [0.2, 0.25) is 0 Å². The number of anilines is 1. The van der Waals surface area contributed by atoms with Gasteiger partial charge in [0, 0.05) is 12.1 Å². The average Bonchev–Trinajstić information content (AvgIpc) is 2.54. The standard InChI is InChI=1S/C17H17NO3S/c1-13(19)15-7-4-9-16(12-15)22(20,21)18-11-5-8-14-6-2-3-10-17(14)18/h2-4,6-7,9-10,12H,5,8,11H2,1H3. The molecule has 0 fully saturated rings. The maximum absolute atomic E-state index is 12.9. The van der Waals surface area contributed by atoms with Crippen molar-refractivity contribution >= 4 is 21.5 Å². The zero-order chi connectivity index (χ0) is 15.7. The molecular formula is C17H17NO3S. The Labute approximate surface area is 130 Å². The van der Waals surface area contributed by atoms with Crippen molar-refractivity contribution in [2.24, 2.45) is 0 Å². The number of sulfonamides is 1. The first-order chi connectivity index (χ1) is 10.5. The molecular weight excluding hydrogens is 298 g/mol. The number of hydrogen-bond acceptors (Lipinski definition) is 3. The number of Topliss-reactive ketones (excluding diaryl/α,β-unsaturated/α-hetero) is 1. The Balaban J connectivity index is 2.08. The maximum atomic E-state index is 12.9. The van der Waals surface area contributed by atoms with Crippen LogP contribution in [0, 0.1) is 0 Å². The van der Waals surface area contributed by atoms with Crippen molar-refractivity contribution < 1.29 is 13.2 Å². The summed E-state index contributed by atoms with van der Waals surface area (Å²) in [6, 6.07) is 13.8. The van der Waals surface area contributed by atoms with Gasteiger partial charge in [0.2, 0.25) is 0 Å². The predicted octanol–water partition coefficient (Wildman–Crippen LogP) is 3.03. The van der Waals surface area contributed by atoms with Gasteiger partial charge in [0.1, 0.15) is 0 Å². The summed E-state index contributed by atoms with van der Waals surface area (Å²) in [4.78, 5) is 11.7. The quantitative estimate of drug-likeness (QED) is 0.818. The van der Waals surface area contributed by atoms with Gasteiger partial charge < -0.3 is 0 Å². The molecule has 0 atom stereocenters. The van der Waals surface area contributed by atoms with Crippen molar-refractivity contribution in [2.75, 3.05) is 10.8 Å². The van der Waals surface area contributed by atoms with Crippen LogP contribution in [0.1, 0.15) is 29.3 Å². The molecule has 2 aromatic rings.